The van der Waals surface area contributed by atoms with Crippen molar-refractivity contribution >= 4 is 17.2 Å². The van der Waals surface area contributed by atoms with Gasteiger partial charge < -0.3 is 10.1 Å². The van der Waals surface area contributed by atoms with E-state index in [1.165, 1.54) is 23.5 Å². The lowest BCUT2D eigenvalue weighted by Crippen LogP contribution is -2.21. The van der Waals surface area contributed by atoms with E-state index in [2.05, 4.69) is 11.4 Å². The Kier molecular flexibility index (Phi) is 5.68. The van der Waals surface area contributed by atoms with E-state index in [1.807, 2.05) is 37.4 Å². The Bertz CT molecular complexity index is 882. The van der Waals surface area contributed by atoms with Crippen molar-refractivity contribution in [1.29, 1.82) is 0 Å². The fourth-order valence-electron chi connectivity index (χ4n) is 2.62. The molecule has 1 N–H and O–H groups in total. The largest absolute Gasteiger partial charge is 0.489 e. The van der Waals surface area contributed by atoms with Crippen LogP contribution in [-0.4, -0.2) is 5.91 Å². The lowest BCUT2D eigenvalue weighted by atomic mass is 10.1. The van der Waals surface area contributed by atoms with Crippen LogP contribution >= 0.6 is 11.3 Å². The average Bonchev–Trinajstić information content (AvgIpc) is 3.07. The minimum absolute atomic E-state index is 0.142. The number of carbonyl (C=O) groups excluding carboxylic acids is 1. The zero-order chi connectivity index (χ0) is 18.5. The van der Waals surface area contributed by atoms with Crippen LogP contribution in [0.1, 0.15) is 31.9 Å². The Morgan fingerprint density at radius 1 is 1.04 bits per heavy atom. The van der Waals surface area contributed by atoms with Gasteiger partial charge >= 0.3 is 0 Å². The highest BCUT2D eigenvalue weighted by Crippen LogP contribution is 2.20. The molecule has 0 bridgehead atoms. The molecule has 3 rings (SSSR count). The number of benzene rings is 2. The third kappa shape index (κ3) is 4.92. The lowest BCUT2D eigenvalue weighted by Gasteiger charge is -2.07. The second-order valence-electron chi connectivity index (χ2n) is 6.24. The highest BCUT2D eigenvalue weighted by Gasteiger charge is 2.09. The van der Waals surface area contributed by atoms with Crippen LogP contribution in [0.2, 0.25) is 0 Å². The smallest absolute Gasteiger partial charge is 0.261 e. The summed E-state index contributed by atoms with van der Waals surface area (Å²) in [5, 5.41) is 4.77. The summed E-state index contributed by atoms with van der Waals surface area (Å²) < 4.78 is 18.7. The lowest BCUT2D eigenvalue weighted by molar-refractivity contribution is 0.0955. The zero-order valence-electron chi connectivity index (χ0n) is 14.7. The molecule has 1 aromatic heterocycles. The molecular formula is C21H20FNO2S. The first-order valence-electron chi connectivity index (χ1n) is 8.31. The van der Waals surface area contributed by atoms with Crippen LogP contribution in [0.5, 0.6) is 5.75 Å². The number of carbonyl (C=O) groups is 1. The van der Waals surface area contributed by atoms with Crippen LogP contribution in [0.3, 0.4) is 0 Å². The Morgan fingerprint density at radius 3 is 2.42 bits per heavy atom. The molecule has 3 aromatic rings. The first-order valence-corrected chi connectivity index (χ1v) is 9.19. The maximum absolute atomic E-state index is 12.9. The summed E-state index contributed by atoms with van der Waals surface area (Å²) in [6.45, 7) is 4.86. The van der Waals surface area contributed by atoms with Crippen LogP contribution in [0.4, 0.5) is 4.39 Å². The van der Waals surface area contributed by atoms with Crippen molar-refractivity contribution in [3.8, 4) is 5.75 Å². The van der Waals surface area contributed by atoms with Crippen molar-refractivity contribution in [2.24, 2.45) is 0 Å². The van der Waals surface area contributed by atoms with Crippen molar-refractivity contribution in [2.45, 2.75) is 27.0 Å². The van der Waals surface area contributed by atoms with E-state index in [0.717, 1.165) is 28.0 Å². The predicted octanol–water partition coefficient (Wildman–Crippen LogP) is 5.01. The molecule has 134 valence electrons. The molecule has 0 saturated carbocycles. The molecule has 2 aromatic carbocycles. The number of hydrogen-bond acceptors (Lipinski definition) is 3. The summed E-state index contributed by atoms with van der Waals surface area (Å²) in [7, 11) is 0. The topological polar surface area (TPSA) is 38.3 Å². The fourth-order valence-corrected chi connectivity index (χ4v) is 3.44. The van der Waals surface area contributed by atoms with Gasteiger partial charge in [-0.15, -0.1) is 11.3 Å². The molecule has 0 aliphatic carbocycles. The SMILES string of the molecule is Cc1cc(C)cc(OCc2csc(C(=O)NCc3ccc(F)cc3)c2)c1. The van der Waals surface area contributed by atoms with Crippen molar-refractivity contribution in [2.75, 3.05) is 0 Å². The minimum atomic E-state index is -0.285. The molecule has 0 fully saturated rings. The standard InChI is InChI=1S/C21H20FNO2S/c1-14-7-15(2)9-19(8-14)25-12-17-10-20(26-13-17)21(24)23-11-16-3-5-18(22)6-4-16/h3-10,13H,11-12H2,1-2H3,(H,23,24). The van der Waals surface area contributed by atoms with Gasteiger partial charge in [-0.3, -0.25) is 4.79 Å². The summed E-state index contributed by atoms with van der Waals surface area (Å²) >= 11 is 1.38. The van der Waals surface area contributed by atoms with Crippen molar-refractivity contribution in [3.63, 3.8) is 0 Å². The Labute approximate surface area is 156 Å². The van der Waals surface area contributed by atoms with E-state index in [9.17, 15) is 9.18 Å². The summed E-state index contributed by atoms with van der Waals surface area (Å²) in [6, 6.07) is 14.0. The van der Waals surface area contributed by atoms with Crippen LogP contribution in [-0.2, 0) is 13.2 Å². The van der Waals surface area contributed by atoms with Gasteiger partial charge in [-0.1, -0.05) is 18.2 Å². The minimum Gasteiger partial charge on any atom is -0.489 e. The summed E-state index contributed by atoms with van der Waals surface area (Å²) in [4.78, 5) is 12.9. The Hall–Kier alpha value is -2.66. The van der Waals surface area contributed by atoms with Gasteiger partial charge in [-0.25, -0.2) is 4.39 Å². The molecule has 1 heterocycles. The molecule has 0 radical (unpaired) electrons. The third-order valence-electron chi connectivity index (χ3n) is 3.84. The number of aryl methyl sites for hydroxylation is 2. The van der Waals surface area contributed by atoms with E-state index in [0.29, 0.717) is 18.0 Å². The first-order chi connectivity index (χ1) is 12.5. The van der Waals surface area contributed by atoms with Gasteiger partial charge in [-0.2, -0.15) is 0 Å². The number of rotatable bonds is 6. The number of ether oxygens (including phenoxy) is 1. The van der Waals surface area contributed by atoms with E-state index in [-0.39, 0.29) is 11.7 Å². The van der Waals surface area contributed by atoms with Gasteiger partial charge in [0.15, 0.2) is 0 Å². The maximum atomic E-state index is 12.9. The van der Waals surface area contributed by atoms with Gasteiger partial charge in [0.2, 0.25) is 0 Å². The highest BCUT2D eigenvalue weighted by molar-refractivity contribution is 7.12. The van der Waals surface area contributed by atoms with E-state index < -0.39 is 0 Å². The highest BCUT2D eigenvalue weighted by atomic mass is 32.1. The number of thiophene rings is 1. The maximum Gasteiger partial charge on any atom is 0.261 e. The zero-order valence-corrected chi connectivity index (χ0v) is 15.5. The molecule has 0 unspecified atom stereocenters. The van der Waals surface area contributed by atoms with Gasteiger partial charge in [0.05, 0.1) is 4.88 Å². The van der Waals surface area contributed by atoms with Crippen molar-refractivity contribution < 1.29 is 13.9 Å². The molecule has 3 nitrogen and oxygen atoms in total. The molecule has 26 heavy (non-hydrogen) atoms. The number of nitrogens with one attached hydrogen (secondary N) is 1. The average molecular weight is 369 g/mol. The third-order valence-corrected chi connectivity index (χ3v) is 4.82. The van der Waals surface area contributed by atoms with Gasteiger partial charge in [0.25, 0.3) is 5.91 Å². The number of amides is 1. The van der Waals surface area contributed by atoms with E-state index in [1.54, 1.807) is 12.1 Å². The molecule has 0 aliphatic heterocycles. The van der Waals surface area contributed by atoms with Crippen LogP contribution in [0.25, 0.3) is 0 Å². The van der Waals surface area contributed by atoms with Gasteiger partial charge in [0.1, 0.15) is 18.2 Å². The molecule has 0 saturated heterocycles. The Morgan fingerprint density at radius 2 is 1.73 bits per heavy atom. The molecular weight excluding hydrogens is 349 g/mol. The van der Waals surface area contributed by atoms with Crippen molar-refractivity contribution in [3.05, 3.63) is 86.9 Å². The summed E-state index contributed by atoms with van der Waals surface area (Å²) in [5.74, 6) is 0.403. The van der Waals surface area contributed by atoms with Crippen molar-refractivity contribution in [1.82, 2.24) is 5.32 Å². The summed E-state index contributed by atoms with van der Waals surface area (Å²) in [6.07, 6.45) is 0. The quantitative estimate of drug-likeness (QED) is 0.663. The second-order valence-corrected chi connectivity index (χ2v) is 7.15. The van der Waals surface area contributed by atoms with Crippen LogP contribution in [0, 0.1) is 19.7 Å². The second kappa shape index (κ2) is 8.15. The predicted molar refractivity (Wildman–Crippen MR) is 102 cm³/mol. The number of hydrogen-bond donors (Lipinski definition) is 1. The Balaban J connectivity index is 1.54. The molecule has 0 spiro atoms. The first kappa shape index (κ1) is 18.1. The fraction of sp³-hybridized carbons (Fsp3) is 0.190. The molecule has 0 aliphatic rings. The molecule has 5 heteroatoms. The van der Waals surface area contributed by atoms with E-state index >= 15 is 0 Å². The van der Waals surface area contributed by atoms with Crippen LogP contribution < -0.4 is 10.1 Å². The summed E-state index contributed by atoms with van der Waals surface area (Å²) in [5.41, 5.74) is 4.13. The monoisotopic (exact) mass is 369 g/mol. The van der Waals surface area contributed by atoms with Gasteiger partial charge in [-0.05, 0) is 66.2 Å². The van der Waals surface area contributed by atoms with Gasteiger partial charge in [0, 0.05) is 12.1 Å². The normalized spacial score (nSPS) is 10.6. The van der Waals surface area contributed by atoms with Crippen LogP contribution in [0.15, 0.2) is 53.9 Å². The van der Waals surface area contributed by atoms with E-state index in [4.69, 9.17) is 4.74 Å². The molecule has 1 amide bonds. The molecule has 0 atom stereocenters. The number of halogens is 1.